The lowest BCUT2D eigenvalue weighted by Crippen LogP contribution is -2.32. The summed E-state index contributed by atoms with van der Waals surface area (Å²) in [5, 5.41) is 16.2. The van der Waals surface area contributed by atoms with Crippen LogP contribution in [0.4, 0.5) is 10.5 Å². The number of rotatable bonds is 9. The van der Waals surface area contributed by atoms with Crippen LogP contribution < -0.4 is 27.4 Å². The lowest BCUT2D eigenvalue weighted by molar-refractivity contribution is -0.119. The van der Waals surface area contributed by atoms with E-state index in [-0.39, 0.29) is 19.1 Å². The number of unbranched alkanes of at least 4 members (excludes halogenated alkanes) is 1. The number of aliphatic hydroxyl groups excluding tert-OH is 1. The molecule has 4 amide bonds. The summed E-state index contributed by atoms with van der Waals surface area (Å²) in [4.78, 5) is 30.8. The third-order valence-electron chi connectivity index (χ3n) is 2.77. The van der Waals surface area contributed by atoms with Crippen molar-refractivity contribution in [3.05, 3.63) is 29.8 Å². The highest BCUT2D eigenvalue weighted by atomic mass is 16.3. The Morgan fingerprint density at radius 2 is 1.59 bits per heavy atom. The van der Waals surface area contributed by atoms with Crippen LogP contribution in [-0.2, 0) is 16.2 Å². The summed E-state index contributed by atoms with van der Waals surface area (Å²) in [6.07, 6.45) is 3.45. The first-order chi connectivity index (χ1) is 12.9. The molecule has 1 aromatic rings. The summed E-state index contributed by atoms with van der Waals surface area (Å²) in [5.74, 6) is -0.164. The molecule has 0 spiro atoms. The van der Waals surface area contributed by atoms with Crippen LogP contribution in [0, 0.1) is 0 Å². The maximum absolute atomic E-state index is 10.6. The van der Waals surface area contributed by atoms with Crippen LogP contribution in [0.25, 0.3) is 0 Å². The SMILES string of the molecule is CCC.NCC(=O)NCCCCNC(N)=O.O=CNc1ccc(CO)cc1. The van der Waals surface area contributed by atoms with Gasteiger partial charge in [-0.15, -0.1) is 0 Å². The lowest BCUT2D eigenvalue weighted by Gasteiger charge is -2.03. The van der Waals surface area contributed by atoms with Gasteiger partial charge in [0.15, 0.2) is 0 Å². The number of carbonyl (C=O) groups excluding carboxylic acids is 3. The van der Waals surface area contributed by atoms with Crippen LogP contribution in [0.2, 0.25) is 0 Å². The minimum absolute atomic E-state index is 0.0134. The number of benzene rings is 1. The van der Waals surface area contributed by atoms with E-state index in [0.29, 0.717) is 19.5 Å². The van der Waals surface area contributed by atoms with Crippen LogP contribution in [0.3, 0.4) is 0 Å². The second kappa shape index (κ2) is 19.7. The number of aliphatic hydroxyl groups is 1. The van der Waals surface area contributed by atoms with Crippen molar-refractivity contribution in [3.8, 4) is 0 Å². The molecule has 0 unspecified atom stereocenters. The third kappa shape index (κ3) is 19.5. The van der Waals surface area contributed by atoms with Gasteiger partial charge in [-0.2, -0.15) is 0 Å². The first kappa shape index (κ1) is 26.6. The molecule has 0 aromatic heterocycles. The number of nitrogens with one attached hydrogen (secondary N) is 3. The molecule has 0 atom stereocenters. The highest BCUT2D eigenvalue weighted by molar-refractivity contribution is 5.77. The number of nitrogens with two attached hydrogens (primary N) is 2. The fourth-order valence-electron chi connectivity index (χ4n) is 1.54. The summed E-state index contributed by atoms with van der Waals surface area (Å²) in [6, 6.07) is 6.46. The molecule has 154 valence electrons. The van der Waals surface area contributed by atoms with Gasteiger partial charge in [-0.05, 0) is 30.5 Å². The van der Waals surface area contributed by atoms with Gasteiger partial charge in [0.1, 0.15) is 0 Å². The van der Waals surface area contributed by atoms with Crippen LogP contribution in [0.5, 0.6) is 0 Å². The molecule has 9 heteroatoms. The molecule has 0 bridgehead atoms. The summed E-state index contributed by atoms with van der Waals surface area (Å²) in [5.41, 5.74) is 11.5. The fraction of sp³-hybridized carbons (Fsp3) is 0.500. The van der Waals surface area contributed by atoms with Crippen LogP contribution in [-0.4, -0.2) is 43.1 Å². The van der Waals surface area contributed by atoms with Crippen molar-refractivity contribution in [2.75, 3.05) is 25.0 Å². The highest BCUT2D eigenvalue weighted by Gasteiger charge is 1.95. The van der Waals surface area contributed by atoms with Crippen molar-refractivity contribution in [1.82, 2.24) is 10.6 Å². The second-order valence-electron chi connectivity index (χ2n) is 5.38. The zero-order valence-corrected chi connectivity index (χ0v) is 16.2. The zero-order valence-electron chi connectivity index (χ0n) is 16.2. The van der Waals surface area contributed by atoms with Gasteiger partial charge in [0, 0.05) is 18.8 Å². The van der Waals surface area contributed by atoms with Gasteiger partial charge < -0.3 is 32.5 Å². The average Bonchev–Trinajstić information content (AvgIpc) is 2.66. The van der Waals surface area contributed by atoms with Crippen LogP contribution in [0.1, 0.15) is 38.7 Å². The standard InChI is InChI=1S/C8H9NO2.C7H16N4O2.C3H8/c10-5-7-1-3-8(4-2-7)9-6-11;8-5-6(12)10-3-1-2-4-11-7(9)13;1-3-2/h1-4,6,10H,5H2,(H,9,11);1-5,8H2,(H,10,12)(H3,9,11,13);3H2,1-2H3. The molecule has 27 heavy (non-hydrogen) atoms. The van der Waals surface area contributed by atoms with Crippen molar-refractivity contribution >= 4 is 24.0 Å². The molecule has 0 aliphatic carbocycles. The number of hydrogen-bond donors (Lipinski definition) is 6. The van der Waals surface area contributed by atoms with Gasteiger partial charge >= 0.3 is 6.03 Å². The predicted octanol–water partition coefficient (Wildman–Crippen LogP) is 0.673. The molecule has 0 saturated heterocycles. The summed E-state index contributed by atoms with van der Waals surface area (Å²) >= 11 is 0. The smallest absolute Gasteiger partial charge is 0.312 e. The van der Waals surface area contributed by atoms with E-state index < -0.39 is 6.03 Å². The fourth-order valence-corrected chi connectivity index (χ4v) is 1.54. The maximum Gasteiger partial charge on any atom is 0.312 e. The molecule has 8 N–H and O–H groups in total. The average molecular weight is 383 g/mol. The van der Waals surface area contributed by atoms with E-state index in [1.165, 1.54) is 6.42 Å². The number of amides is 4. The van der Waals surface area contributed by atoms with Gasteiger partial charge in [-0.1, -0.05) is 32.4 Å². The molecule has 9 nitrogen and oxygen atoms in total. The molecule has 0 fully saturated rings. The van der Waals surface area contributed by atoms with E-state index in [4.69, 9.17) is 16.6 Å². The molecular weight excluding hydrogens is 350 g/mol. The molecule has 0 aliphatic heterocycles. The largest absolute Gasteiger partial charge is 0.392 e. The van der Waals surface area contributed by atoms with Gasteiger partial charge in [0.2, 0.25) is 12.3 Å². The van der Waals surface area contributed by atoms with E-state index in [0.717, 1.165) is 24.1 Å². The van der Waals surface area contributed by atoms with Crippen molar-refractivity contribution < 1.29 is 19.5 Å². The molecular formula is C18H33N5O4. The van der Waals surface area contributed by atoms with Gasteiger partial charge in [0.25, 0.3) is 0 Å². The maximum atomic E-state index is 10.6. The normalized spacial score (nSPS) is 8.89. The second-order valence-corrected chi connectivity index (χ2v) is 5.38. The van der Waals surface area contributed by atoms with Gasteiger partial charge in [0.05, 0.1) is 13.2 Å². The number of urea groups is 1. The zero-order chi connectivity index (χ0) is 20.9. The Hall–Kier alpha value is -2.65. The molecule has 1 rings (SSSR count). The topological polar surface area (TPSA) is 160 Å². The number of hydrogen-bond acceptors (Lipinski definition) is 5. The Morgan fingerprint density at radius 1 is 1.07 bits per heavy atom. The Labute approximate surface area is 160 Å². The molecule has 1 aromatic carbocycles. The van der Waals surface area contributed by atoms with E-state index in [1.807, 2.05) is 0 Å². The summed E-state index contributed by atoms with van der Waals surface area (Å²) < 4.78 is 0. The molecule has 0 heterocycles. The quantitative estimate of drug-likeness (QED) is 0.273. The van der Waals surface area contributed by atoms with Crippen molar-refractivity contribution in [3.63, 3.8) is 0 Å². The number of anilines is 1. The highest BCUT2D eigenvalue weighted by Crippen LogP contribution is 2.07. The summed E-state index contributed by atoms with van der Waals surface area (Å²) in [7, 11) is 0. The summed E-state index contributed by atoms with van der Waals surface area (Å²) in [6.45, 7) is 5.41. The molecule has 0 aliphatic rings. The third-order valence-corrected chi connectivity index (χ3v) is 2.77. The minimum atomic E-state index is -0.522. The minimum Gasteiger partial charge on any atom is -0.392 e. The monoisotopic (exact) mass is 383 g/mol. The van der Waals surface area contributed by atoms with E-state index >= 15 is 0 Å². The van der Waals surface area contributed by atoms with E-state index in [2.05, 4.69) is 29.8 Å². The van der Waals surface area contributed by atoms with E-state index in [9.17, 15) is 14.4 Å². The first-order valence-corrected chi connectivity index (χ1v) is 8.85. The predicted molar refractivity (Wildman–Crippen MR) is 107 cm³/mol. The van der Waals surface area contributed by atoms with Crippen molar-refractivity contribution in [1.29, 1.82) is 0 Å². The van der Waals surface area contributed by atoms with Gasteiger partial charge in [-0.25, -0.2) is 4.79 Å². The Kier molecular flexibility index (Phi) is 19.4. The molecule has 0 saturated carbocycles. The van der Waals surface area contributed by atoms with Crippen molar-refractivity contribution in [2.24, 2.45) is 11.5 Å². The van der Waals surface area contributed by atoms with Crippen LogP contribution in [0.15, 0.2) is 24.3 Å². The Balaban J connectivity index is 0. The Morgan fingerprint density at radius 3 is 2.00 bits per heavy atom. The number of carbonyl (C=O) groups is 3. The van der Waals surface area contributed by atoms with E-state index in [1.54, 1.807) is 24.3 Å². The van der Waals surface area contributed by atoms with Crippen molar-refractivity contribution in [2.45, 2.75) is 39.7 Å². The first-order valence-electron chi connectivity index (χ1n) is 8.85. The van der Waals surface area contributed by atoms with Gasteiger partial charge in [-0.3, -0.25) is 9.59 Å². The van der Waals surface area contributed by atoms with Crippen LogP contribution >= 0.6 is 0 Å². The Bertz CT molecular complexity index is 509. The molecule has 0 radical (unpaired) electrons. The lowest BCUT2D eigenvalue weighted by atomic mass is 10.2. The number of primary amides is 1.